The molecule has 4 aliphatic carbocycles. The number of allylic oxidation sites excluding steroid dienone is 4. The van der Waals surface area contributed by atoms with Gasteiger partial charge in [0.15, 0.2) is 5.78 Å². The van der Waals surface area contributed by atoms with Gasteiger partial charge in [-0.1, -0.05) is 52.3 Å². The van der Waals surface area contributed by atoms with Crippen molar-refractivity contribution in [3.8, 4) is 0 Å². The summed E-state index contributed by atoms with van der Waals surface area (Å²) in [5.41, 5.74) is 2.25. The summed E-state index contributed by atoms with van der Waals surface area (Å²) in [5.74, 6) is 2.70. The van der Waals surface area contributed by atoms with Crippen molar-refractivity contribution in [1.29, 1.82) is 0 Å². The predicted molar refractivity (Wildman–Crippen MR) is 98.1 cm³/mol. The third-order valence-electron chi connectivity index (χ3n) is 6.34. The summed E-state index contributed by atoms with van der Waals surface area (Å²) in [6.07, 6.45) is 10.2. The second-order valence-corrected chi connectivity index (χ2v) is 8.90. The highest BCUT2D eigenvalue weighted by molar-refractivity contribution is 9.11. The van der Waals surface area contributed by atoms with Crippen LogP contribution in [0.3, 0.4) is 0 Å². The minimum atomic E-state index is -0.00784. The normalized spacial score (nSPS) is 35.8. The van der Waals surface area contributed by atoms with Gasteiger partial charge in [-0.05, 0) is 78.5 Å². The lowest BCUT2D eigenvalue weighted by molar-refractivity contribution is -0.125. The van der Waals surface area contributed by atoms with E-state index in [-0.39, 0.29) is 5.41 Å². The van der Waals surface area contributed by atoms with E-state index in [0.29, 0.717) is 11.7 Å². The maximum atomic E-state index is 13.0. The second-order valence-electron chi connectivity index (χ2n) is 7.71. The van der Waals surface area contributed by atoms with Crippen molar-refractivity contribution >= 4 is 27.3 Å². The Morgan fingerprint density at radius 1 is 1.09 bits per heavy atom. The molecular weight excluding hydrogens is 348 g/mol. The third-order valence-corrected chi connectivity index (χ3v) is 6.76. The predicted octanol–water partition coefficient (Wildman–Crippen LogP) is 5.76. The number of halogens is 1. The molecular formula is C21H23BrO. The van der Waals surface area contributed by atoms with E-state index in [1.807, 2.05) is 37.3 Å². The van der Waals surface area contributed by atoms with Crippen LogP contribution in [-0.4, -0.2) is 5.78 Å². The summed E-state index contributed by atoms with van der Waals surface area (Å²) in [6, 6.07) is 10.3. The van der Waals surface area contributed by atoms with Crippen molar-refractivity contribution in [3.63, 3.8) is 0 Å². The Kier molecular flexibility index (Phi) is 3.84. The Labute approximate surface area is 147 Å². The summed E-state index contributed by atoms with van der Waals surface area (Å²) in [5, 5.41) is 0. The van der Waals surface area contributed by atoms with Gasteiger partial charge in [0.25, 0.3) is 0 Å². The third kappa shape index (κ3) is 2.55. The fourth-order valence-electron chi connectivity index (χ4n) is 5.55. The van der Waals surface area contributed by atoms with Gasteiger partial charge in [-0.2, -0.15) is 0 Å². The van der Waals surface area contributed by atoms with Crippen LogP contribution in [0.5, 0.6) is 0 Å². The van der Waals surface area contributed by atoms with Crippen LogP contribution < -0.4 is 0 Å². The molecule has 4 bridgehead atoms. The van der Waals surface area contributed by atoms with Crippen molar-refractivity contribution in [2.45, 2.75) is 39.0 Å². The summed E-state index contributed by atoms with van der Waals surface area (Å²) >= 11 is 3.60. The van der Waals surface area contributed by atoms with Crippen LogP contribution in [-0.2, 0) is 4.79 Å². The van der Waals surface area contributed by atoms with Crippen molar-refractivity contribution in [2.75, 3.05) is 0 Å². The van der Waals surface area contributed by atoms with Crippen LogP contribution in [0.4, 0.5) is 0 Å². The minimum absolute atomic E-state index is 0.00784. The van der Waals surface area contributed by atoms with E-state index >= 15 is 0 Å². The van der Waals surface area contributed by atoms with Gasteiger partial charge in [0.1, 0.15) is 0 Å². The van der Waals surface area contributed by atoms with Gasteiger partial charge < -0.3 is 0 Å². The Morgan fingerprint density at radius 2 is 1.74 bits per heavy atom. The Morgan fingerprint density at radius 3 is 2.35 bits per heavy atom. The van der Waals surface area contributed by atoms with E-state index in [4.69, 9.17) is 0 Å². The van der Waals surface area contributed by atoms with E-state index in [9.17, 15) is 4.79 Å². The van der Waals surface area contributed by atoms with Crippen LogP contribution in [0.2, 0.25) is 0 Å². The molecule has 0 amide bonds. The smallest absolute Gasteiger partial charge is 0.162 e. The van der Waals surface area contributed by atoms with Gasteiger partial charge in [-0.25, -0.2) is 0 Å². The molecule has 1 nitrogen and oxygen atoms in total. The average molecular weight is 371 g/mol. The molecule has 4 saturated carbocycles. The molecule has 0 N–H and O–H groups in total. The number of hydrogen-bond donors (Lipinski definition) is 0. The van der Waals surface area contributed by atoms with Crippen molar-refractivity contribution in [2.24, 2.45) is 23.2 Å². The van der Waals surface area contributed by atoms with Crippen LogP contribution in [0.1, 0.15) is 44.6 Å². The first kappa shape index (κ1) is 15.4. The SMILES string of the molecule is C/C(Br)=C(\C=C\C(=O)C12CC3CC(CC1C3)C2)c1ccccc1. The molecule has 4 aliphatic rings. The van der Waals surface area contributed by atoms with Gasteiger partial charge in [0, 0.05) is 5.41 Å². The lowest BCUT2D eigenvalue weighted by Crippen LogP contribution is -2.31. The van der Waals surface area contributed by atoms with Crippen LogP contribution >= 0.6 is 15.9 Å². The zero-order valence-corrected chi connectivity index (χ0v) is 15.2. The highest BCUT2D eigenvalue weighted by Crippen LogP contribution is 2.65. The van der Waals surface area contributed by atoms with Crippen LogP contribution in [0.25, 0.3) is 5.57 Å². The second kappa shape index (κ2) is 5.73. The molecule has 2 heteroatoms. The lowest BCUT2D eigenvalue weighted by Gasteiger charge is -2.30. The molecule has 0 aromatic heterocycles. The van der Waals surface area contributed by atoms with Gasteiger partial charge >= 0.3 is 0 Å². The molecule has 2 unspecified atom stereocenters. The molecule has 1 aromatic rings. The molecule has 1 aromatic carbocycles. The summed E-state index contributed by atoms with van der Waals surface area (Å²) in [7, 11) is 0. The molecule has 0 spiro atoms. The number of rotatable bonds is 4. The van der Waals surface area contributed by atoms with Crippen molar-refractivity contribution in [1.82, 2.24) is 0 Å². The zero-order chi connectivity index (χ0) is 16.0. The highest BCUT2D eigenvalue weighted by Gasteiger charge is 2.60. The standard InChI is InChI=1S/C21H23BrO/c1-14(22)19(17-5-3-2-4-6-17)7-8-20(23)21-12-15-9-16(13-21)11-18(21)10-15/h2-8,15-16,18H,9-13H2,1H3/b8-7+,19-14-. The van der Waals surface area contributed by atoms with Crippen LogP contribution in [0, 0.1) is 23.2 Å². The van der Waals surface area contributed by atoms with Gasteiger partial charge in [-0.3, -0.25) is 4.79 Å². The molecule has 4 fully saturated rings. The Bertz CT molecular complexity index is 667. The molecule has 120 valence electrons. The fourth-order valence-corrected chi connectivity index (χ4v) is 5.91. The Hall–Kier alpha value is -1.15. The number of carbonyl (C=O) groups excluding carboxylic acids is 1. The number of hydrogen-bond acceptors (Lipinski definition) is 1. The topological polar surface area (TPSA) is 17.1 Å². The Balaban J connectivity index is 1.59. The minimum Gasteiger partial charge on any atom is -0.294 e. The average Bonchev–Trinajstić information content (AvgIpc) is 2.93. The van der Waals surface area contributed by atoms with E-state index in [2.05, 4.69) is 28.1 Å². The number of ketones is 1. The summed E-state index contributed by atoms with van der Waals surface area (Å²) in [6.45, 7) is 2.04. The fraction of sp³-hybridized carbons (Fsp3) is 0.476. The van der Waals surface area contributed by atoms with Crippen molar-refractivity contribution in [3.05, 3.63) is 52.5 Å². The summed E-state index contributed by atoms with van der Waals surface area (Å²) in [4.78, 5) is 13.0. The van der Waals surface area contributed by atoms with Gasteiger partial charge in [0.05, 0.1) is 0 Å². The van der Waals surface area contributed by atoms with E-state index in [1.165, 1.54) is 19.3 Å². The van der Waals surface area contributed by atoms with E-state index in [0.717, 1.165) is 40.3 Å². The molecule has 0 aliphatic heterocycles. The van der Waals surface area contributed by atoms with Gasteiger partial charge in [-0.15, -0.1) is 0 Å². The molecule has 0 heterocycles. The summed E-state index contributed by atoms with van der Waals surface area (Å²) < 4.78 is 1.07. The zero-order valence-electron chi connectivity index (χ0n) is 13.6. The number of benzene rings is 1. The molecule has 2 atom stereocenters. The molecule has 23 heavy (non-hydrogen) atoms. The van der Waals surface area contributed by atoms with Crippen LogP contribution in [0.15, 0.2) is 47.0 Å². The van der Waals surface area contributed by atoms with Gasteiger partial charge in [0.2, 0.25) is 0 Å². The maximum absolute atomic E-state index is 13.0. The first-order chi connectivity index (χ1) is 11.1. The molecule has 0 radical (unpaired) electrons. The highest BCUT2D eigenvalue weighted by atomic mass is 79.9. The quantitative estimate of drug-likeness (QED) is 0.486. The van der Waals surface area contributed by atoms with E-state index < -0.39 is 0 Å². The maximum Gasteiger partial charge on any atom is 0.162 e. The number of carbonyl (C=O) groups is 1. The molecule has 0 saturated heterocycles. The largest absolute Gasteiger partial charge is 0.294 e. The first-order valence-electron chi connectivity index (χ1n) is 8.73. The monoisotopic (exact) mass is 370 g/mol. The lowest BCUT2D eigenvalue weighted by atomic mass is 9.72. The molecule has 5 rings (SSSR count). The van der Waals surface area contributed by atoms with Crippen molar-refractivity contribution < 1.29 is 4.79 Å². The first-order valence-corrected chi connectivity index (χ1v) is 9.52. The van der Waals surface area contributed by atoms with E-state index in [1.54, 1.807) is 0 Å².